The molecule has 5 heteroatoms. The van der Waals surface area contributed by atoms with Crippen molar-refractivity contribution in [3.63, 3.8) is 0 Å². The summed E-state index contributed by atoms with van der Waals surface area (Å²) in [5, 5.41) is 11.3. The van der Waals surface area contributed by atoms with Gasteiger partial charge >= 0.3 is 0 Å². The Labute approximate surface area is 113 Å². The number of hydrogen-bond acceptors (Lipinski definition) is 4. The Hall–Kier alpha value is -1.59. The lowest BCUT2D eigenvalue weighted by atomic mass is 10.3. The first kappa shape index (κ1) is 15.5. The zero-order valence-electron chi connectivity index (χ0n) is 11.2. The summed E-state index contributed by atoms with van der Waals surface area (Å²) in [6.45, 7) is 3.13. The van der Waals surface area contributed by atoms with E-state index in [0.717, 1.165) is 0 Å². The lowest BCUT2D eigenvalue weighted by Crippen LogP contribution is -2.37. The molecule has 19 heavy (non-hydrogen) atoms. The minimum atomic E-state index is -0.527. The van der Waals surface area contributed by atoms with Gasteiger partial charge in [-0.1, -0.05) is 18.2 Å². The second kappa shape index (κ2) is 9.35. The van der Waals surface area contributed by atoms with Crippen LogP contribution in [0, 0.1) is 0 Å². The van der Waals surface area contributed by atoms with Crippen molar-refractivity contribution in [2.24, 2.45) is 0 Å². The third-order valence-corrected chi connectivity index (χ3v) is 2.43. The summed E-state index contributed by atoms with van der Waals surface area (Å²) >= 11 is 0. The fourth-order valence-electron chi connectivity index (χ4n) is 1.45. The maximum absolute atomic E-state index is 11.7. The van der Waals surface area contributed by atoms with Gasteiger partial charge in [0.25, 0.3) is 5.91 Å². The van der Waals surface area contributed by atoms with E-state index in [0.29, 0.717) is 31.9 Å². The molecule has 1 aromatic carbocycles. The molecule has 1 rings (SSSR count). The number of aliphatic hydroxyl groups excluding tert-OH is 1. The molecule has 0 saturated heterocycles. The van der Waals surface area contributed by atoms with Crippen LogP contribution in [-0.2, 0) is 9.53 Å². The SMILES string of the molecule is CC(Oc1ccccc1)C(=O)NCCCOCCO. The normalized spacial score (nSPS) is 11.9. The van der Waals surface area contributed by atoms with E-state index in [9.17, 15) is 4.79 Å². The van der Waals surface area contributed by atoms with Crippen molar-refractivity contribution < 1.29 is 19.4 Å². The van der Waals surface area contributed by atoms with Crippen molar-refractivity contribution >= 4 is 5.91 Å². The first-order valence-corrected chi connectivity index (χ1v) is 6.42. The minimum absolute atomic E-state index is 0.0221. The average Bonchev–Trinajstić information content (AvgIpc) is 2.43. The fraction of sp³-hybridized carbons (Fsp3) is 0.500. The number of aliphatic hydroxyl groups is 1. The van der Waals surface area contributed by atoms with E-state index in [2.05, 4.69) is 5.32 Å². The minimum Gasteiger partial charge on any atom is -0.481 e. The molecule has 0 fully saturated rings. The van der Waals surface area contributed by atoms with Crippen LogP contribution in [0.5, 0.6) is 5.75 Å². The number of amides is 1. The van der Waals surface area contributed by atoms with E-state index in [4.69, 9.17) is 14.6 Å². The van der Waals surface area contributed by atoms with E-state index in [1.165, 1.54) is 0 Å². The Bertz CT molecular complexity index is 356. The second-order valence-corrected chi connectivity index (χ2v) is 4.05. The highest BCUT2D eigenvalue weighted by atomic mass is 16.5. The number of carbonyl (C=O) groups excluding carboxylic acids is 1. The third kappa shape index (κ3) is 6.79. The Kier molecular flexibility index (Phi) is 7.62. The number of nitrogens with one attached hydrogen (secondary N) is 1. The summed E-state index contributed by atoms with van der Waals surface area (Å²) in [4.78, 5) is 11.7. The quantitative estimate of drug-likeness (QED) is 0.654. The lowest BCUT2D eigenvalue weighted by molar-refractivity contribution is -0.127. The van der Waals surface area contributed by atoms with Crippen LogP contribution in [-0.4, -0.2) is 43.5 Å². The molecule has 2 N–H and O–H groups in total. The van der Waals surface area contributed by atoms with Gasteiger partial charge in [0.1, 0.15) is 5.75 Å². The molecule has 0 aromatic heterocycles. The molecule has 106 valence electrons. The Morgan fingerprint density at radius 2 is 2.05 bits per heavy atom. The Balaban J connectivity index is 2.15. The molecule has 0 heterocycles. The molecule has 0 aliphatic rings. The molecule has 1 unspecified atom stereocenters. The zero-order valence-corrected chi connectivity index (χ0v) is 11.2. The van der Waals surface area contributed by atoms with Gasteiger partial charge in [0.05, 0.1) is 13.2 Å². The Morgan fingerprint density at radius 3 is 2.74 bits per heavy atom. The van der Waals surface area contributed by atoms with E-state index in [1.54, 1.807) is 6.92 Å². The van der Waals surface area contributed by atoms with Crippen molar-refractivity contribution in [1.29, 1.82) is 0 Å². The first-order chi connectivity index (χ1) is 9.24. The van der Waals surface area contributed by atoms with E-state index >= 15 is 0 Å². The summed E-state index contributed by atoms with van der Waals surface area (Å²) < 4.78 is 10.6. The smallest absolute Gasteiger partial charge is 0.260 e. The van der Waals surface area contributed by atoms with Crippen molar-refractivity contribution in [3.05, 3.63) is 30.3 Å². The van der Waals surface area contributed by atoms with Crippen LogP contribution < -0.4 is 10.1 Å². The molecule has 1 atom stereocenters. The number of benzene rings is 1. The molecule has 0 aliphatic heterocycles. The second-order valence-electron chi connectivity index (χ2n) is 4.05. The van der Waals surface area contributed by atoms with Crippen LogP contribution in [0.25, 0.3) is 0 Å². The summed E-state index contributed by atoms with van der Waals surface area (Å²) in [6.07, 6.45) is 0.185. The number of ether oxygens (including phenoxy) is 2. The van der Waals surface area contributed by atoms with Crippen molar-refractivity contribution in [2.45, 2.75) is 19.4 Å². The van der Waals surface area contributed by atoms with Crippen LogP contribution in [0.15, 0.2) is 30.3 Å². The molecule has 0 saturated carbocycles. The summed E-state index contributed by atoms with van der Waals surface area (Å²) in [5.74, 6) is 0.530. The topological polar surface area (TPSA) is 67.8 Å². The van der Waals surface area contributed by atoms with Crippen LogP contribution in [0.2, 0.25) is 0 Å². The van der Waals surface area contributed by atoms with Gasteiger partial charge in [-0.2, -0.15) is 0 Å². The molecule has 1 amide bonds. The highest BCUT2D eigenvalue weighted by Gasteiger charge is 2.13. The predicted octanol–water partition coefficient (Wildman–Crippen LogP) is 0.969. The third-order valence-electron chi connectivity index (χ3n) is 2.43. The van der Waals surface area contributed by atoms with Crippen molar-refractivity contribution in [3.8, 4) is 5.75 Å². The van der Waals surface area contributed by atoms with Gasteiger partial charge in [-0.3, -0.25) is 4.79 Å². The van der Waals surface area contributed by atoms with Crippen LogP contribution in [0.4, 0.5) is 0 Å². The molecule has 1 aromatic rings. The zero-order chi connectivity index (χ0) is 13.9. The maximum atomic E-state index is 11.7. The van der Waals surface area contributed by atoms with Gasteiger partial charge in [0.15, 0.2) is 6.10 Å². The molecule has 0 aliphatic carbocycles. The maximum Gasteiger partial charge on any atom is 0.260 e. The summed E-state index contributed by atoms with van der Waals surface area (Å²) in [7, 11) is 0. The molecule has 0 radical (unpaired) electrons. The summed E-state index contributed by atoms with van der Waals surface area (Å²) in [6, 6.07) is 9.24. The lowest BCUT2D eigenvalue weighted by Gasteiger charge is -2.14. The van der Waals surface area contributed by atoms with Gasteiger partial charge in [-0.05, 0) is 25.5 Å². The van der Waals surface area contributed by atoms with Crippen LogP contribution in [0.1, 0.15) is 13.3 Å². The summed E-state index contributed by atoms with van der Waals surface area (Å²) in [5.41, 5.74) is 0. The predicted molar refractivity (Wildman–Crippen MR) is 72.1 cm³/mol. The monoisotopic (exact) mass is 267 g/mol. The van der Waals surface area contributed by atoms with E-state index in [-0.39, 0.29) is 12.5 Å². The van der Waals surface area contributed by atoms with Gasteiger partial charge < -0.3 is 19.9 Å². The number of carbonyl (C=O) groups is 1. The largest absolute Gasteiger partial charge is 0.481 e. The molecule has 0 bridgehead atoms. The number of para-hydroxylation sites is 1. The van der Waals surface area contributed by atoms with E-state index in [1.807, 2.05) is 30.3 Å². The number of rotatable bonds is 9. The fourth-order valence-corrected chi connectivity index (χ4v) is 1.45. The molecule has 5 nitrogen and oxygen atoms in total. The highest BCUT2D eigenvalue weighted by Crippen LogP contribution is 2.10. The van der Waals surface area contributed by atoms with Gasteiger partial charge in [0.2, 0.25) is 0 Å². The number of hydrogen-bond donors (Lipinski definition) is 2. The van der Waals surface area contributed by atoms with Crippen molar-refractivity contribution in [2.75, 3.05) is 26.4 Å². The van der Waals surface area contributed by atoms with Gasteiger partial charge in [-0.25, -0.2) is 0 Å². The first-order valence-electron chi connectivity index (χ1n) is 6.42. The van der Waals surface area contributed by atoms with Crippen LogP contribution >= 0.6 is 0 Å². The molecular weight excluding hydrogens is 246 g/mol. The van der Waals surface area contributed by atoms with E-state index < -0.39 is 6.10 Å². The Morgan fingerprint density at radius 1 is 1.32 bits per heavy atom. The van der Waals surface area contributed by atoms with Crippen LogP contribution in [0.3, 0.4) is 0 Å². The van der Waals surface area contributed by atoms with Gasteiger partial charge in [0, 0.05) is 13.2 Å². The molecular formula is C14H21NO4. The van der Waals surface area contributed by atoms with Gasteiger partial charge in [-0.15, -0.1) is 0 Å². The van der Waals surface area contributed by atoms with Crippen molar-refractivity contribution in [1.82, 2.24) is 5.32 Å². The standard InChI is InChI=1S/C14H21NO4/c1-12(19-13-6-3-2-4-7-13)14(17)15-8-5-10-18-11-9-16/h2-4,6-7,12,16H,5,8-11H2,1H3,(H,15,17). The average molecular weight is 267 g/mol. The highest BCUT2D eigenvalue weighted by molar-refractivity contribution is 5.80. The molecule has 0 spiro atoms.